The molecule has 0 spiro atoms. The molecule has 5 nitrogen and oxygen atoms in total. The molecule has 0 saturated carbocycles. The Morgan fingerprint density at radius 3 is 2.33 bits per heavy atom. The standard InChI is InChI=1S/C16H18F3NO4/c1-15(2,3)24-14(22)20-5-4-16(23,13(20)21)8-9-6-10(17)12(19)11(18)7-9/h6-7,23H,4-5,8H2,1-3H3. The normalized spacial score (nSPS) is 21.3. The third kappa shape index (κ3) is 3.69. The van der Waals surface area contributed by atoms with Crippen LogP contribution in [0.15, 0.2) is 12.1 Å². The second-order valence-electron chi connectivity index (χ2n) is 6.77. The molecule has 1 heterocycles. The van der Waals surface area contributed by atoms with Gasteiger partial charge in [0.1, 0.15) is 11.2 Å². The summed E-state index contributed by atoms with van der Waals surface area (Å²) in [5.74, 6) is -5.37. The topological polar surface area (TPSA) is 66.8 Å². The van der Waals surface area contributed by atoms with Crippen molar-refractivity contribution in [1.29, 1.82) is 0 Å². The fraction of sp³-hybridized carbons (Fsp3) is 0.500. The van der Waals surface area contributed by atoms with E-state index >= 15 is 0 Å². The Morgan fingerprint density at radius 2 is 1.83 bits per heavy atom. The Morgan fingerprint density at radius 1 is 1.29 bits per heavy atom. The van der Waals surface area contributed by atoms with Crippen LogP contribution >= 0.6 is 0 Å². The van der Waals surface area contributed by atoms with E-state index in [-0.39, 0.29) is 18.5 Å². The molecule has 132 valence electrons. The largest absolute Gasteiger partial charge is 0.443 e. The first kappa shape index (κ1) is 18.3. The highest BCUT2D eigenvalue weighted by atomic mass is 19.2. The van der Waals surface area contributed by atoms with Crippen LogP contribution in [-0.4, -0.2) is 39.8 Å². The Balaban J connectivity index is 2.17. The highest BCUT2D eigenvalue weighted by Crippen LogP contribution is 2.29. The molecule has 1 fully saturated rings. The number of aliphatic hydroxyl groups is 1. The van der Waals surface area contributed by atoms with Gasteiger partial charge in [0.15, 0.2) is 17.5 Å². The molecule has 8 heteroatoms. The van der Waals surface area contributed by atoms with Crippen molar-refractivity contribution in [2.75, 3.05) is 6.54 Å². The summed E-state index contributed by atoms with van der Waals surface area (Å²) in [6, 6.07) is 1.42. The highest BCUT2D eigenvalue weighted by molar-refractivity contribution is 5.99. The van der Waals surface area contributed by atoms with Crippen molar-refractivity contribution in [3.8, 4) is 0 Å². The fourth-order valence-corrected chi connectivity index (χ4v) is 2.46. The smallest absolute Gasteiger partial charge is 0.417 e. The number of ether oxygens (including phenoxy) is 1. The summed E-state index contributed by atoms with van der Waals surface area (Å²) >= 11 is 0. The average Bonchev–Trinajstić information content (AvgIpc) is 2.70. The molecule has 1 atom stereocenters. The van der Waals surface area contributed by atoms with Crippen molar-refractivity contribution in [1.82, 2.24) is 4.90 Å². The summed E-state index contributed by atoms with van der Waals surface area (Å²) in [7, 11) is 0. The molecule has 0 aromatic heterocycles. The lowest BCUT2D eigenvalue weighted by atomic mass is 9.93. The summed E-state index contributed by atoms with van der Waals surface area (Å²) in [6.45, 7) is 4.79. The molecule has 1 aliphatic heterocycles. The van der Waals surface area contributed by atoms with Gasteiger partial charge in [-0.15, -0.1) is 0 Å². The summed E-state index contributed by atoms with van der Waals surface area (Å²) in [5.41, 5.74) is -2.91. The van der Waals surface area contributed by atoms with Crippen LogP contribution in [0.2, 0.25) is 0 Å². The Bertz CT molecular complexity index is 663. The molecule has 1 aromatic rings. The molecule has 24 heavy (non-hydrogen) atoms. The van der Waals surface area contributed by atoms with Gasteiger partial charge in [-0.3, -0.25) is 4.79 Å². The first-order chi connectivity index (χ1) is 10.9. The SMILES string of the molecule is CC(C)(C)OC(=O)N1CCC(O)(Cc2cc(F)c(F)c(F)c2)C1=O. The Kier molecular flexibility index (Phi) is 4.63. The molecule has 0 bridgehead atoms. The lowest BCUT2D eigenvalue weighted by Gasteiger charge is -2.25. The molecule has 1 aromatic carbocycles. The summed E-state index contributed by atoms with van der Waals surface area (Å²) in [6.07, 6.45) is -1.47. The van der Waals surface area contributed by atoms with Gasteiger partial charge in [0.05, 0.1) is 0 Å². The monoisotopic (exact) mass is 345 g/mol. The van der Waals surface area contributed by atoms with Gasteiger partial charge in [0, 0.05) is 19.4 Å². The van der Waals surface area contributed by atoms with E-state index in [1.807, 2.05) is 0 Å². The maximum Gasteiger partial charge on any atom is 0.417 e. The van der Waals surface area contributed by atoms with Crippen molar-refractivity contribution in [2.24, 2.45) is 0 Å². The second-order valence-corrected chi connectivity index (χ2v) is 6.77. The Hall–Kier alpha value is -2.09. The van der Waals surface area contributed by atoms with Crippen LogP contribution in [0.3, 0.4) is 0 Å². The zero-order valence-electron chi connectivity index (χ0n) is 13.5. The molecule has 0 radical (unpaired) electrons. The molecular formula is C16H18F3NO4. The van der Waals surface area contributed by atoms with E-state index in [0.29, 0.717) is 12.1 Å². The predicted octanol–water partition coefficient (Wildman–Crippen LogP) is 2.54. The minimum Gasteiger partial charge on any atom is -0.443 e. The zero-order valence-corrected chi connectivity index (χ0v) is 13.5. The molecular weight excluding hydrogens is 327 g/mol. The first-order valence-electron chi connectivity index (χ1n) is 7.34. The molecule has 2 amide bonds. The minimum absolute atomic E-state index is 0.0869. The summed E-state index contributed by atoms with van der Waals surface area (Å²) < 4.78 is 44.6. The van der Waals surface area contributed by atoms with Crippen molar-refractivity contribution in [3.05, 3.63) is 35.1 Å². The Labute approximate surface area is 137 Å². The van der Waals surface area contributed by atoms with Gasteiger partial charge in [-0.2, -0.15) is 0 Å². The number of carbonyl (C=O) groups is 2. The number of nitrogens with zero attached hydrogens (tertiary/aromatic N) is 1. The van der Waals surface area contributed by atoms with E-state index in [1.54, 1.807) is 20.8 Å². The van der Waals surface area contributed by atoms with Gasteiger partial charge in [-0.1, -0.05) is 0 Å². The van der Waals surface area contributed by atoms with E-state index < -0.39 is 47.1 Å². The van der Waals surface area contributed by atoms with Crippen molar-refractivity contribution in [3.63, 3.8) is 0 Å². The fourth-order valence-electron chi connectivity index (χ4n) is 2.46. The van der Waals surface area contributed by atoms with Crippen LogP contribution in [0.1, 0.15) is 32.8 Å². The maximum atomic E-state index is 13.3. The van der Waals surface area contributed by atoms with E-state index in [9.17, 15) is 27.9 Å². The van der Waals surface area contributed by atoms with Gasteiger partial charge >= 0.3 is 6.09 Å². The molecule has 1 unspecified atom stereocenters. The number of amides is 2. The summed E-state index contributed by atoms with van der Waals surface area (Å²) in [5, 5.41) is 10.4. The highest BCUT2D eigenvalue weighted by Gasteiger charge is 2.48. The number of hydrogen-bond acceptors (Lipinski definition) is 4. The number of benzene rings is 1. The lowest BCUT2D eigenvalue weighted by Crippen LogP contribution is -2.45. The van der Waals surface area contributed by atoms with Crippen LogP contribution in [0.4, 0.5) is 18.0 Å². The number of halogens is 3. The van der Waals surface area contributed by atoms with E-state index in [1.165, 1.54) is 0 Å². The van der Waals surface area contributed by atoms with Gasteiger partial charge in [-0.05, 0) is 38.5 Å². The van der Waals surface area contributed by atoms with Gasteiger partial charge in [0.25, 0.3) is 5.91 Å². The molecule has 1 N–H and O–H groups in total. The zero-order chi connectivity index (χ0) is 18.3. The third-order valence-electron chi connectivity index (χ3n) is 3.55. The number of hydrogen-bond donors (Lipinski definition) is 1. The third-order valence-corrected chi connectivity index (χ3v) is 3.55. The van der Waals surface area contributed by atoms with E-state index in [4.69, 9.17) is 4.74 Å². The first-order valence-corrected chi connectivity index (χ1v) is 7.34. The van der Waals surface area contributed by atoms with Crippen LogP contribution in [0, 0.1) is 17.5 Å². The average molecular weight is 345 g/mol. The molecule has 0 aliphatic carbocycles. The van der Waals surface area contributed by atoms with Crippen molar-refractivity contribution in [2.45, 2.75) is 44.8 Å². The lowest BCUT2D eigenvalue weighted by molar-refractivity contribution is -0.142. The van der Waals surface area contributed by atoms with Gasteiger partial charge in [-0.25, -0.2) is 22.9 Å². The quantitative estimate of drug-likeness (QED) is 0.837. The number of rotatable bonds is 2. The molecule has 1 aliphatic rings. The molecule has 1 saturated heterocycles. The van der Waals surface area contributed by atoms with Crippen molar-refractivity contribution < 1.29 is 32.6 Å². The predicted molar refractivity (Wildman–Crippen MR) is 77.5 cm³/mol. The minimum atomic E-state index is -2.01. The van der Waals surface area contributed by atoms with E-state index in [2.05, 4.69) is 0 Å². The van der Waals surface area contributed by atoms with Gasteiger partial charge in [0.2, 0.25) is 0 Å². The van der Waals surface area contributed by atoms with Crippen LogP contribution < -0.4 is 0 Å². The van der Waals surface area contributed by atoms with E-state index in [0.717, 1.165) is 4.90 Å². The maximum absolute atomic E-state index is 13.3. The number of carbonyl (C=O) groups excluding carboxylic acids is 2. The molecule has 2 rings (SSSR count). The number of likely N-dealkylation sites (tertiary alicyclic amines) is 1. The van der Waals surface area contributed by atoms with Crippen LogP contribution in [0.25, 0.3) is 0 Å². The van der Waals surface area contributed by atoms with Crippen LogP contribution in [0.5, 0.6) is 0 Å². The van der Waals surface area contributed by atoms with Crippen LogP contribution in [-0.2, 0) is 16.0 Å². The number of imide groups is 1. The van der Waals surface area contributed by atoms with Crippen molar-refractivity contribution >= 4 is 12.0 Å². The summed E-state index contributed by atoms with van der Waals surface area (Å²) in [4.78, 5) is 25.0. The van der Waals surface area contributed by atoms with Gasteiger partial charge < -0.3 is 9.84 Å². The second kappa shape index (κ2) is 6.08.